The highest BCUT2D eigenvalue weighted by molar-refractivity contribution is 6.30. The summed E-state index contributed by atoms with van der Waals surface area (Å²) in [5, 5.41) is 0.721. The van der Waals surface area contributed by atoms with Crippen molar-refractivity contribution < 1.29 is 9.53 Å². The fourth-order valence-electron chi connectivity index (χ4n) is 2.13. The first-order valence-electron chi connectivity index (χ1n) is 5.90. The number of hydrogen-bond acceptors (Lipinski definition) is 3. The van der Waals surface area contributed by atoms with E-state index >= 15 is 0 Å². The zero-order valence-electron chi connectivity index (χ0n) is 10.4. The molecule has 0 aromatic heterocycles. The molecule has 0 aliphatic carbocycles. The Morgan fingerprint density at radius 3 is 3.06 bits per heavy atom. The predicted octanol–water partition coefficient (Wildman–Crippen LogP) is 1.42. The second-order valence-corrected chi connectivity index (χ2v) is 5.22. The Labute approximate surface area is 112 Å². The lowest BCUT2D eigenvalue weighted by atomic mass is 10.0. The largest absolute Gasteiger partial charge is 0.367 e. The van der Waals surface area contributed by atoms with Gasteiger partial charge in [-0.1, -0.05) is 23.7 Å². The zero-order chi connectivity index (χ0) is 13.2. The van der Waals surface area contributed by atoms with Gasteiger partial charge in [-0.3, -0.25) is 9.69 Å². The summed E-state index contributed by atoms with van der Waals surface area (Å²) in [4.78, 5) is 13.5. The van der Waals surface area contributed by atoms with Crippen LogP contribution in [0, 0.1) is 0 Å². The molecule has 4 nitrogen and oxygen atoms in total. The summed E-state index contributed by atoms with van der Waals surface area (Å²) in [5.41, 5.74) is 5.60. The molecule has 1 aromatic rings. The quantitative estimate of drug-likeness (QED) is 0.902. The monoisotopic (exact) mass is 268 g/mol. The summed E-state index contributed by atoms with van der Waals surface area (Å²) in [5.74, 6) is -0.418. The molecule has 0 saturated carbocycles. The third kappa shape index (κ3) is 3.02. The molecule has 0 spiro atoms. The number of nitrogens with zero attached hydrogens (tertiary/aromatic N) is 1. The summed E-state index contributed by atoms with van der Waals surface area (Å²) in [6.07, 6.45) is 0. The molecule has 1 unspecified atom stereocenters. The average molecular weight is 269 g/mol. The van der Waals surface area contributed by atoms with Crippen molar-refractivity contribution >= 4 is 17.5 Å². The number of rotatable bonds is 3. The summed E-state index contributed by atoms with van der Waals surface area (Å²) in [6, 6.07) is 7.71. The molecule has 1 atom stereocenters. The fraction of sp³-hybridized carbons (Fsp3) is 0.462. The molecule has 0 bridgehead atoms. The lowest BCUT2D eigenvalue weighted by molar-refractivity contribution is -0.153. The summed E-state index contributed by atoms with van der Waals surface area (Å²) >= 11 is 5.95. The molecule has 1 saturated heterocycles. The van der Waals surface area contributed by atoms with Crippen molar-refractivity contribution in [2.75, 3.05) is 19.7 Å². The lowest BCUT2D eigenvalue weighted by Gasteiger charge is -2.38. The van der Waals surface area contributed by atoms with Crippen LogP contribution >= 0.6 is 11.6 Å². The van der Waals surface area contributed by atoms with E-state index in [9.17, 15) is 4.79 Å². The highest BCUT2D eigenvalue weighted by atomic mass is 35.5. The van der Waals surface area contributed by atoms with Gasteiger partial charge < -0.3 is 10.5 Å². The minimum absolute atomic E-state index is 0.418. The Kier molecular flexibility index (Phi) is 3.90. The third-order valence-electron chi connectivity index (χ3n) is 3.17. The van der Waals surface area contributed by atoms with Gasteiger partial charge in [0.15, 0.2) is 5.60 Å². The Bertz CT molecular complexity index is 452. The van der Waals surface area contributed by atoms with Crippen molar-refractivity contribution in [3.8, 4) is 0 Å². The minimum atomic E-state index is -0.892. The normalized spacial score (nSPS) is 25.0. The second kappa shape index (κ2) is 5.26. The van der Waals surface area contributed by atoms with E-state index < -0.39 is 11.5 Å². The minimum Gasteiger partial charge on any atom is -0.367 e. The molecule has 1 amide bonds. The number of carbonyl (C=O) groups is 1. The van der Waals surface area contributed by atoms with E-state index in [4.69, 9.17) is 22.1 Å². The molecule has 2 rings (SSSR count). The van der Waals surface area contributed by atoms with Gasteiger partial charge in [0, 0.05) is 24.7 Å². The number of carbonyl (C=O) groups excluding carboxylic acids is 1. The number of benzene rings is 1. The molecule has 0 radical (unpaired) electrons. The van der Waals surface area contributed by atoms with Crippen LogP contribution in [0.4, 0.5) is 0 Å². The van der Waals surface area contributed by atoms with E-state index in [1.165, 1.54) is 0 Å². The van der Waals surface area contributed by atoms with E-state index in [2.05, 4.69) is 4.90 Å². The van der Waals surface area contributed by atoms with Gasteiger partial charge in [0.1, 0.15) is 0 Å². The fourth-order valence-corrected chi connectivity index (χ4v) is 2.34. The Morgan fingerprint density at radius 1 is 1.61 bits per heavy atom. The van der Waals surface area contributed by atoms with Crippen LogP contribution in [0.15, 0.2) is 24.3 Å². The highest BCUT2D eigenvalue weighted by Gasteiger charge is 2.37. The summed E-state index contributed by atoms with van der Waals surface area (Å²) in [6.45, 7) is 4.29. The number of nitrogens with two attached hydrogens (primary N) is 1. The first-order valence-corrected chi connectivity index (χ1v) is 6.28. The van der Waals surface area contributed by atoms with Gasteiger partial charge in [0.05, 0.1) is 6.61 Å². The molecule has 1 aliphatic rings. The van der Waals surface area contributed by atoms with E-state index in [0.29, 0.717) is 13.2 Å². The van der Waals surface area contributed by atoms with E-state index in [1.807, 2.05) is 24.3 Å². The topological polar surface area (TPSA) is 55.6 Å². The highest BCUT2D eigenvalue weighted by Crippen LogP contribution is 2.20. The number of ether oxygens (including phenoxy) is 1. The van der Waals surface area contributed by atoms with Gasteiger partial charge in [-0.2, -0.15) is 0 Å². The Balaban J connectivity index is 2.04. The van der Waals surface area contributed by atoms with Crippen LogP contribution < -0.4 is 5.73 Å². The van der Waals surface area contributed by atoms with Gasteiger partial charge in [0.2, 0.25) is 0 Å². The maximum absolute atomic E-state index is 11.4. The smallest absolute Gasteiger partial charge is 0.250 e. The van der Waals surface area contributed by atoms with Crippen LogP contribution in [0.3, 0.4) is 0 Å². The number of amides is 1. The van der Waals surface area contributed by atoms with Gasteiger partial charge in [-0.15, -0.1) is 0 Å². The standard InChI is InChI=1S/C13H17ClN2O2/c1-13(12(15)17)9-16(5-6-18-13)8-10-3-2-4-11(14)7-10/h2-4,7H,5-6,8-9H2,1H3,(H2,15,17). The maximum Gasteiger partial charge on any atom is 0.250 e. The molecule has 1 fully saturated rings. The van der Waals surface area contributed by atoms with Crippen molar-refractivity contribution in [3.05, 3.63) is 34.9 Å². The van der Waals surface area contributed by atoms with Crippen LogP contribution in [0.1, 0.15) is 12.5 Å². The Morgan fingerprint density at radius 2 is 2.39 bits per heavy atom. The summed E-state index contributed by atoms with van der Waals surface area (Å²) < 4.78 is 5.48. The van der Waals surface area contributed by atoms with Crippen molar-refractivity contribution in [2.45, 2.75) is 19.1 Å². The predicted molar refractivity (Wildman–Crippen MR) is 70.3 cm³/mol. The van der Waals surface area contributed by atoms with Crippen molar-refractivity contribution in [1.82, 2.24) is 4.90 Å². The van der Waals surface area contributed by atoms with Gasteiger partial charge >= 0.3 is 0 Å². The van der Waals surface area contributed by atoms with Gasteiger partial charge in [-0.25, -0.2) is 0 Å². The van der Waals surface area contributed by atoms with Crippen molar-refractivity contribution in [1.29, 1.82) is 0 Å². The first kappa shape index (κ1) is 13.3. The molecule has 2 N–H and O–H groups in total. The van der Waals surface area contributed by atoms with E-state index in [1.54, 1.807) is 6.92 Å². The number of halogens is 1. The SMILES string of the molecule is CC1(C(N)=O)CN(Cc2cccc(Cl)c2)CCO1. The number of hydrogen-bond donors (Lipinski definition) is 1. The second-order valence-electron chi connectivity index (χ2n) is 4.78. The number of primary amides is 1. The van der Waals surface area contributed by atoms with E-state index in [0.717, 1.165) is 23.7 Å². The van der Waals surface area contributed by atoms with Crippen LogP contribution in [0.2, 0.25) is 5.02 Å². The van der Waals surface area contributed by atoms with Crippen LogP contribution in [0.5, 0.6) is 0 Å². The molecule has 98 valence electrons. The third-order valence-corrected chi connectivity index (χ3v) is 3.41. The molecule has 5 heteroatoms. The number of morpholine rings is 1. The first-order chi connectivity index (χ1) is 8.49. The van der Waals surface area contributed by atoms with Crippen LogP contribution in [-0.4, -0.2) is 36.1 Å². The molecule has 1 aromatic carbocycles. The van der Waals surface area contributed by atoms with Crippen molar-refractivity contribution in [2.24, 2.45) is 5.73 Å². The van der Waals surface area contributed by atoms with E-state index in [-0.39, 0.29) is 0 Å². The van der Waals surface area contributed by atoms with Gasteiger partial charge in [-0.05, 0) is 24.6 Å². The molecule has 18 heavy (non-hydrogen) atoms. The average Bonchev–Trinajstić information content (AvgIpc) is 2.29. The summed E-state index contributed by atoms with van der Waals surface area (Å²) in [7, 11) is 0. The molecular formula is C13H17ClN2O2. The molecule has 1 heterocycles. The van der Waals surface area contributed by atoms with Crippen LogP contribution in [-0.2, 0) is 16.1 Å². The Hall–Kier alpha value is -1.10. The zero-order valence-corrected chi connectivity index (χ0v) is 11.1. The lowest BCUT2D eigenvalue weighted by Crippen LogP contribution is -2.56. The molecular weight excluding hydrogens is 252 g/mol. The van der Waals surface area contributed by atoms with Crippen LogP contribution in [0.25, 0.3) is 0 Å². The van der Waals surface area contributed by atoms with Gasteiger partial charge in [0.25, 0.3) is 5.91 Å². The maximum atomic E-state index is 11.4. The van der Waals surface area contributed by atoms with Crippen molar-refractivity contribution in [3.63, 3.8) is 0 Å². The molecule has 1 aliphatic heterocycles.